The van der Waals surface area contributed by atoms with Gasteiger partial charge in [0.25, 0.3) is 5.56 Å². The minimum absolute atomic E-state index is 0.0265. The van der Waals surface area contributed by atoms with Crippen molar-refractivity contribution in [3.05, 3.63) is 50.4 Å². The van der Waals surface area contributed by atoms with Crippen LogP contribution in [0.1, 0.15) is 31.0 Å². The Hall–Kier alpha value is -3.89. The first-order chi connectivity index (χ1) is 15.4. The van der Waals surface area contributed by atoms with Crippen molar-refractivity contribution in [3.8, 4) is 17.9 Å². The zero-order valence-electron chi connectivity index (χ0n) is 18.1. The van der Waals surface area contributed by atoms with Gasteiger partial charge in [0, 0.05) is 32.4 Å². The Morgan fingerprint density at radius 2 is 2.09 bits per heavy atom. The molecule has 0 spiro atoms. The molecule has 2 N–H and O–H groups in total. The summed E-state index contributed by atoms with van der Waals surface area (Å²) in [4.78, 5) is 37.3. The normalized spacial score (nSPS) is 15.9. The predicted molar refractivity (Wildman–Crippen MR) is 120 cm³/mol. The first kappa shape index (κ1) is 21.3. The van der Waals surface area contributed by atoms with Crippen LogP contribution in [0.15, 0.2) is 27.9 Å². The third-order valence-corrected chi connectivity index (χ3v) is 5.65. The van der Waals surface area contributed by atoms with Crippen molar-refractivity contribution in [1.29, 1.82) is 5.26 Å². The number of hydrogen-bond acceptors (Lipinski definition) is 7. The summed E-state index contributed by atoms with van der Waals surface area (Å²) in [7, 11) is 1.60. The highest BCUT2D eigenvalue weighted by Gasteiger charge is 2.26. The number of piperidine rings is 1. The number of anilines is 1. The summed E-state index contributed by atoms with van der Waals surface area (Å²) in [6.07, 6.45) is 3.36. The third-order valence-electron chi connectivity index (χ3n) is 5.65. The number of hydrogen-bond donors (Lipinski definition) is 1. The van der Waals surface area contributed by atoms with E-state index in [1.54, 1.807) is 30.7 Å². The molecule has 0 bridgehead atoms. The van der Waals surface area contributed by atoms with Gasteiger partial charge in [-0.15, -0.1) is 5.92 Å². The van der Waals surface area contributed by atoms with Crippen molar-refractivity contribution in [2.45, 2.75) is 38.9 Å². The van der Waals surface area contributed by atoms with Crippen LogP contribution in [0.5, 0.6) is 0 Å². The molecule has 32 heavy (non-hydrogen) atoms. The number of imidazole rings is 1. The maximum absolute atomic E-state index is 13.5. The second-order valence-electron chi connectivity index (χ2n) is 7.84. The van der Waals surface area contributed by atoms with E-state index in [4.69, 9.17) is 11.0 Å². The van der Waals surface area contributed by atoms with Gasteiger partial charge in [-0.3, -0.25) is 18.5 Å². The lowest BCUT2D eigenvalue weighted by molar-refractivity contribution is 0.496. The van der Waals surface area contributed by atoms with Crippen LogP contribution in [-0.4, -0.2) is 42.8 Å². The van der Waals surface area contributed by atoms with E-state index in [2.05, 4.69) is 26.7 Å². The fourth-order valence-corrected chi connectivity index (χ4v) is 4.01. The molecule has 1 aliphatic heterocycles. The largest absolute Gasteiger partial charge is 0.341 e. The molecular weight excluding hydrogens is 408 g/mol. The molecule has 1 saturated heterocycles. The Balaban J connectivity index is 1.89. The molecule has 3 aromatic rings. The van der Waals surface area contributed by atoms with Gasteiger partial charge in [0.05, 0.1) is 13.1 Å². The number of nitriles is 1. The molecular formula is C22H24N8O2. The molecule has 1 unspecified atom stereocenters. The first-order valence-corrected chi connectivity index (χ1v) is 10.4. The molecule has 4 rings (SSSR count). The molecule has 1 atom stereocenters. The summed E-state index contributed by atoms with van der Waals surface area (Å²) in [5.41, 5.74) is 6.81. The van der Waals surface area contributed by atoms with Crippen LogP contribution in [0.25, 0.3) is 11.2 Å². The van der Waals surface area contributed by atoms with E-state index in [0.717, 1.165) is 24.0 Å². The van der Waals surface area contributed by atoms with Gasteiger partial charge in [0.1, 0.15) is 11.8 Å². The van der Waals surface area contributed by atoms with E-state index in [9.17, 15) is 9.59 Å². The summed E-state index contributed by atoms with van der Waals surface area (Å²) >= 11 is 0. The number of nitrogens with zero attached hydrogens (tertiary/aromatic N) is 7. The molecule has 10 heteroatoms. The van der Waals surface area contributed by atoms with E-state index in [1.165, 1.54) is 10.8 Å². The molecule has 4 heterocycles. The minimum Gasteiger partial charge on any atom is -0.341 e. The molecule has 0 amide bonds. The van der Waals surface area contributed by atoms with Crippen molar-refractivity contribution in [2.75, 3.05) is 18.0 Å². The van der Waals surface area contributed by atoms with Crippen LogP contribution >= 0.6 is 0 Å². The van der Waals surface area contributed by atoms with Gasteiger partial charge in [-0.25, -0.2) is 9.78 Å². The highest BCUT2D eigenvalue weighted by atomic mass is 16.2. The van der Waals surface area contributed by atoms with E-state index >= 15 is 0 Å². The molecule has 0 aliphatic carbocycles. The van der Waals surface area contributed by atoms with Gasteiger partial charge >= 0.3 is 5.69 Å². The lowest BCUT2D eigenvalue weighted by atomic mass is 10.1. The van der Waals surface area contributed by atoms with Crippen molar-refractivity contribution in [1.82, 2.24) is 23.7 Å². The lowest BCUT2D eigenvalue weighted by Gasteiger charge is -2.31. The fraction of sp³-hybridized carbons (Fsp3) is 0.409. The average molecular weight is 432 g/mol. The zero-order valence-corrected chi connectivity index (χ0v) is 18.1. The molecule has 1 aliphatic rings. The summed E-state index contributed by atoms with van der Waals surface area (Å²) in [6.45, 7) is 3.45. The Labute approximate surface area is 184 Å². The summed E-state index contributed by atoms with van der Waals surface area (Å²) in [5, 5.41) is 8.94. The SMILES string of the molecule is CC#CCn1c(N2CCCC(N)C2)nc2c1c(=O)n(Cc1ccc(C#N)nc1)c(=O)n2C. The second-order valence-corrected chi connectivity index (χ2v) is 7.84. The first-order valence-electron chi connectivity index (χ1n) is 10.4. The predicted octanol–water partition coefficient (Wildman–Crippen LogP) is 0.162. The van der Waals surface area contributed by atoms with E-state index in [-0.39, 0.29) is 24.8 Å². The number of rotatable bonds is 4. The zero-order chi connectivity index (χ0) is 22.8. The van der Waals surface area contributed by atoms with Crippen molar-refractivity contribution < 1.29 is 0 Å². The standard InChI is InChI=1S/C22H24N8O2/c1-3-4-10-29-18-19(26-21(29)28-9-5-6-16(24)14-28)27(2)22(32)30(20(18)31)13-15-7-8-17(11-23)25-12-15/h7-8,12,16H,5-6,9-10,13-14,24H2,1-2H3. The van der Waals surface area contributed by atoms with Crippen LogP contribution in [0.4, 0.5) is 5.95 Å². The van der Waals surface area contributed by atoms with Crippen LogP contribution in [0.2, 0.25) is 0 Å². The van der Waals surface area contributed by atoms with Crippen LogP contribution in [-0.2, 0) is 20.1 Å². The van der Waals surface area contributed by atoms with Gasteiger partial charge in [0.15, 0.2) is 11.2 Å². The van der Waals surface area contributed by atoms with Crippen molar-refractivity contribution >= 4 is 17.1 Å². The topological polar surface area (TPSA) is 128 Å². The molecule has 10 nitrogen and oxygen atoms in total. The second kappa shape index (κ2) is 8.69. The maximum Gasteiger partial charge on any atom is 0.332 e. The summed E-state index contributed by atoms with van der Waals surface area (Å²) in [6, 6.07) is 5.22. The van der Waals surface area contributed by atoms with Gasteiger partial charge in [-0.1, -0.05) is 12.0 Å². The number of pyridine rings is 1. The van der Waals surface area contributed by atoms with Crippen LogP contribution in [0, 0.1) is 23.2 Å². The Kier molecular flexibility index (Phi) is 5.80. The van der Waals surface area contributed by atoms with Gasteiger partial charge in [-0.2, -0.15) is 10.2 Å². The monoisotopic (exact) mass is 432 g/mol. The van der Waals surface area contributed by atoms with Gasteiger partial charge in [-0.05, 0) is 31.4 Å². The summed E-state index contributed by atoms with van der Waals surface area (Å²) in [5.74, 6) is 6.48. The van der Waals surface area contributed by atoms with Crippen molar-refractivity contribution in [3.63, 3.8) is 0 Å². The Bertz CT molecular complexity index is 1380. The number of aryl methyl sites for hydroxylation is 1. The minimum atomic E-state index is -0.472. The molecule has 3 aromatic heterocycles. The lowest BCUT2D eigenvalue weighted by Crippen LogP contribution is -2.44. The third kappa shape index (κ3) is 3.77. The smallest absolute Gasteiger partial charge is 0.332 e. The number of aromatic nitrogens is 5. The number of nitrogens with two attached hydrogens (primary N) is 1. The van der Waals surface area contributed by atoms with Crippen LogP contribution in [0.3, 0.4) is 0 Å². The molecule has 1 fully saturated rings. The molecule has 0 aromatic carbocycles. The van der Waals surface area contributed by atoms with E-state index in [1.807, 2.05) is 6.07 Å². The van der Waals surface area contributed by atoms with Crippen LogP contribution < -0.4 is 21.9 Å². The average Bonchev–Trinajstić information content (AvgIpc) is 3.19. The Morgan fingerprint density at radius 1 is 1.28 bits per heavy atom. The highest BCUT2D eigenvalue weighted by Crippen LogP contribution is 2.22. The molecule has 164 valence electrons. The van der Waals surface area contributed by atoms with E-state index < -0.39 is 11.2 Å². The van der Waals surface area contributed by atoms with Gasteiger partial charge < -0.3 is 10.6 Å². The van der Waals surface area contributed by atoms with E-state index in [0.29, 0.717) is 29.2 Å². The quantitative estimate of drug-likeness (QED) is 0.582. The maximum atomic E-state index is 13.5. The number of fused-ring (bicyclic) bond motifs is 1. The summed E-state index contributed by atoms with van der Waals surface area (Å²) < 4.78 is 4.32. The van der Waals surface area contributed by atoms with Gasteiger partial charge in [0.2, 0.25) is 5.95 Å². The Morgan fingerprint density at radius 3 is 2.75 bits per heavy atom. The molecule has 0 radical (unpaired) electrons. The molecule has 0 saturated carbocycles. The van der Waals surface area contributed by atoms with Crippen molar-refractivity contribution in [2.24, 2.45) is 12.8 Å². The highest BCUT2D eigenvalue weighted by molar-refractivity contribution is 5.75. The fourth-order valence-electron chi connectivity index (χ4n) is 4.01.